The maximum absolute atomic E-state index is 11.4. The van der Waals surface area contributed by atoms with Gasteiger partial charge in [0.25, 0.3) is 0 Å². The number of quaternary nitrogens is 1. The standard InChI is InChI=1S/C19H35N3O/c1-5-7-8-9-10-11-12-13-14-19-20-15-16-22(19,6-2)17(3)21-18(4)23/h8-9,15,17,19H,5-7,10-14,16H2,1-4H3/p+1/b9-8+. The lowest BCUT2D eigenvalue weighted by Gasteiger charge is -2.42. The SMILES string of the molecule is CCC/C=C/CCCCCC1N=CC[N+]1(CC)C(C)NC(C)=O. The molecule has 3 atom stereocenters. The molecule has 3 unspecified atom stereocenters. The van der Waals surface area contributed by atoms with Crippen LogP contribution < -0.4 is 5.32 Å². The molecule has 0 aromatic carbocycles. The van der Waals surface area contributed by atoms with E-state index in [2.05, 4.69) is 44.5 Å². The Morgan fingerprint density at radius 3 is 2.70 bits per heavy atom. The first-order valence-corrected chi connectivity index (χ1v) is 9.37. The zero-order valence-electron chi connectivity index (χ0n) is 15.6. The molecule has 0 aromatic rings. The minimum absolute atomic E-state index is 0.0490. The van der Waals surface area contributed by atoms with Crippen molar-refractivity contribution in [3.63, 3.8) is 0 Å². The minimum Gasteiger partial charge on any atom is -0.307 e. The molecule has 1 aliphatic rings. The van der Waals surface area contributed by atoms with Gasteiger partial charge in [-0.25, -0.2) is 4.99 Å². The van der Waals surface area contributed by atoms with E-state index in [0.717, 1.165) is 24.0 Å². The number of carbonyl (C=O) groups excluding carboxylic acids is 1. The van der Waals surface area contributed by atoms with Gasteiger partial charge in [0, 0.05) is 20.3 Å². The second-order valence-corrected chi connectivity index (χ2v) is 6.69. The molecule has 1 rings (SSSR count). The number of amides is 1. The summed E-state index contributed by atoms with van der Waals surface area (Å²) < 4.78 is 0.871. The quantitative estimate of drug-likeness (QED) is 0.348. The lowest BCUT2D eigenvalue weighted by atomic mass is 10.1. The van der Waals surface area contributed by atoms with Crippen molar-refractivity contribution in [3.05, 3.63) is 12.2 Å². The van der Waals surface area contributed by atoms with Gasteiger partial charge in [-0.05, 0) is 32.6 Å². The molecular weight excluding hydrogens is 286 g/mol. The van der Waals surface area contributed by atoms with Gasteiger partial charge in [-0.3, -0.25) is 9.28 Å². The third-order valence-electron chi connectivity index (χ3n) is 5.02. The summed E-state index contributed by atoms with van der Waals surface area (Å²) >= 11 is 0. The molecule has 1 amide bonds. The van der Waals surface area contributed by atoms with Gasteiger partial charge < -0.3 is 5.32 Å². The van der Waals surface area contributed by atoms with Gasteiger partial charge in [-0.2, -0.15) is 0 Å². The number of nitrogens with zero attached hydrogens (tertiary/aromatic N) is 2. The van der Waals surface area contributed by atoms with Gasteiger partial charge in [-0.15, -0.1) is 0 Å². The molecule has 0 aliphatic carbocycles. The molecule has 1 N–H and O–H groups in total. The molecule has 23 heavy (non-hydrogen) atoms. The molecule has 0 fully saturated rings. The molecule has 0 radical (unpaired) electrons. The first-order chi connectivity index (χ1) is 11.1. The fourth-order valence-electron chi connectivity index (χ4n) is 3.53. The molecule has 0 spiro atoms. The van der Waals surface area contributed by atoms with Crippen LogP contribution in [0.4, 0.5) is 0 Å². The highest BCUT2D eigenvalue weighted by atomic mass is 16.1. The number of hydrogen-bond acceptors (Lipinski definition) is 2. The van der Waals surface area contributed by atoms with Crippen molar-refractivity contribution in [1.29, 1.82) is 0 Å². The van der Waals surface area contributed by atoms with Crippen LogP contribution in [-0.2, 0) is 4.79 Å². The molecule has 0 saturated carbocycles. The van der Waals surface area contributed by atoms with Crippen LogP contribution in [0, 0.1) is 0 Å². The summed E-state index contributed by atoms with van der Waals surface area (Å²) in [6.45, 7) is 10.1. The average molecular weight is 323 g/mol. The highest BCUT2D eigenvalue weighted by Crippen LogP contribution is 2.26. The zero-order valence-corrected chi connectivity index (χ0v) is 15.6. The Morgan fingerprint density at radius 1 is 1.30 bits per heavy atom. The molecule has 0 saturated heterocycles. The van der Waals surface area contributed by atoms with Crippen molar-refractivity contribution in [2.45, 2.75) is 85.0 Å². The van der Waals surface area contributed by atoms with E-state index in [-0.39, 0.29) is 12.1 Å². The van der Waals surface area contributed by atoms with E-state index in [9.17, 15) is 4.79 Å². The van der Waals surface area contributed by atoms with Crippen molar-refractivity contribution < 1.29 is 9.28 Å². The Labute approximate surface area is 142 Å². The number of hydrogen-bond donors (Lipinski definition) is 1. The Kier molecular flexibility index (Phi) is 9.15. The Balaban J connectivity index is 2.38. The van der Waals surface area contributed by atoms with Crippen LogP contribution in [0.2, 0.25) is 0 Å². The summed E-state index contributed by atoms with van der Waals surface area (Å²) in [5.74, 6) is 0.0490. The van der Waals surface area contributed by atoms with Crippen LogP contribution in [0.25, 0.3) is 0 Å². The van der Waals surface area contributed by atoms with Crippen LogP contribution in [0.3, 0.4) is 0 Å². The van der Waals surface area contributed by atoms with Crippen molar-refractivity contribution in [3.8, 4) is 0 Å². The number of carbonyl (C=O) groups is 1. The van der Waals surface area contributed by atoms with Gasteiger partial charge in [0.1, 0.15) is 6.54 Å². The zero-order chi connectivity index (χ0) is 17.1. The number of rotatable bonds is 11. The number of unbranched alkanes of at least 4 members (excludes halogenated alkanes) is 4. The summed E-state index contributed by atoms with van der Waals surface area (Å²) in [4.78, 5) is 16.1. The van der Waals surface area contributed by atoms with E-state index < -0.39 is 0 Å². The van der Waals surface area contributed by atoms with Gasteiger partial charge in [-0.1, -0.05) is 31.9 Å². The Morgan fingerprint density at radius 2 is 2.04 bits per heavy atom. The van der Waals surface area contributed by atoms with E-state index in [1.807, 2.05) is 0 Å². The van der Waals surface area contributed by atoms with E-state index in [1.165, 1.54) is 38.5 Å². The number of allylic oxidation sites excluding steroid dienone is 2. The third-order valence-corrected chi connectivity index (χ3v) is 5.02. The van der Waals surface area contributed by atoms with Crippen LogP contribution in [0.5, 0.6) is 0 Å². The van der Waals surface area contributed by atoms with Gasteiger partial charge in [0.2, 0.25) is 5.91 Å². The summed E-state index contributed by atoms with van der Waals surface area (Å²) in [6, 6.07) is 0. The van der Waals surface area contributed by atoms with Crippen molar-refractivity contribution in [1.82, 2.24) is 5.32 Å². The fraction of sp³-hybridized carbons (Fsp3) is 0.789. The number of aliphatic imine (C=N–C) groups is 1. The van der Waals surface area contributed by atoms with Crippen molar-refractivity contribution >= 4 is 12.1 Å². The fourth-order valence-corrected chi connectivity index (χ4v) is 3.53. The topological polar surface area (TPSA) is 41.5 Å². The Hall–Kier alpha value is -1.16. The molecular formula is C19H36N3O+. The van der Waals surface area contributed by atoms with Crippen molar-refractivity contribution in [2.75, 3.05) is 13.1 Å². The summed E-state index contributed by atoms with van der Waals surface area (Å²) in [5, 5.41) is 3.08. The molecule has 132 valence electrons. The van der Waals surface area contributed by atoms with Crippen LogP contribution in [-0.4, -0.2) is 42.0 Å². The minimum atomic E-state index is 0.0490. The molecule has 1 aliphatic heterocycles. The van der Waals surface area contributed by atoms with Gasteiger partial charge >= 0.3 is 0 Å². The molecule has 0 aromatic heterocycles. The Bertz CT molecular complexity index is 405. The molecule has 4 heteroatoms. The maximum Gasteiger partial charge on any atom is 0.221 e. The van der Waals surface area contributed by atoms with Gasteiger partial charge in [0.05, 0.1) is 12.8 Å². The predicted octanol–water partition coefficient (Wildman–Crippen LogP) is 4.02. The summed E-state index contributed by atoms with van der Waals surface area (Å²) in [6.07, 6.45) is 15.6. The molecule has 1 heterocycles. The first kappa shape index (κ1) is 19.9. The van der Waals surface area contributed by atoms with Crippen LogP contribution >= 0.6 is 0 Å². The van der Waals surface area contributed by atoms with E-state index >= 15 is 0 Å². The van der Waals surface area contributed by atoms with E-state index in [4.69, 9.17) is 4.99 Å². The van der Waals surface area contributed by atoms with E-state index in [1.54, 1.807) is 6.92 Å². The lowest BCUT2D eigenvalue weighted by molar-refractivity contribution is -0.959. The summed E-state index contributed by atoms with van der Waals surface area (Å²) in [5.41, 5.74) is 0. The predicted molar refractivity (Wildman–Crippen MR) is 98.4 cm³/mol. The monoisotopic (exact) mass is 322 g/mol. The first-order valence-electron chi connectivity index (χ1n) is 9.37. The second-order valence-electron chi connectivity index (χ2n) is 6.69. The third kappa shape index (κ3) is 6.09. The van der Waals surface area contributed by atoms with Crippen LogP contribution in [0.1, 0.15) is 72.6 Å². The largest absolute Gasteiger partial charge is 0.307 e. The molecule has 4 nitrogen and oxygen atoms in total. The second kappa shape index (κ2) is 10.6. The highest BCUT2D eigenvalue weighted by molar-refractivity contribution is 5.73. The summed E-state index contributed by atoms with van der Waals surface area (Å²) in [7, 11) is 0. The molecule has 0 bridgehead atoms. The number of nitrogens with one attached hydrogen (secondary N) is 1. The smallest absolute Gasteiger partial charge is 0.221 e. The maximum atomic E-state index is 11.4. The van der Waals surface area contributed by atoms with Gasteiger partial charge in [0.15, 0.2) is 12.3 Å². The van der Waals surface area contributed by atoms with Crippen molar-refractivity contribution in [2.24, 2.45) is 4.99 Å². The van der Waals surface area contributed by atoms with Crippen LogP contribution in [0.15, 0.2) is 17.1 Å². The lowest BCUT2D eigenvalue weighted by Crippen LogP contribution is -2.63. The highest BCUT2D eigenvalue weighted by Gasteiger charge is 2.42. The normalized spacial score (nSPS) is 25.1. The average Bonchev–Trinajstić information content (AvgIpc) is 2.93. The van der Waals surface area contributed by atoms with E-state index in [0.29, 0.717) is 6.17 Å².